The summed E-state index contributed by atoms with van der Waals surface area (Å²) in [6, 6.07) is 4.58. The van der Waals surface area contributed by atoms with Crippen LogP contribution in [0.25, 0.3) is 10.9 Å². The van der Waals surface area contributed by atoms with E-state index in [0.29, 0.717) is 36.1 Å². The van der Waals surface area contributed by atoms with E-state index in [9.17, 15) is 14.7 Å². The molecule has 3 N–H and O–H groups in total. The van der Waals surface area contributed by atoms with Gasteiger partial charge in [-0.05, 0) is 33.8 Å². The normalized spacial score (nSPS) is 12.0. The highest BCUT2D eigenvalue weighted by atomic mass is 16.5. The lowest BCUT2D eigenvalue weighted by Crippen LogP contribution is -2.39. The number of fused-ring (bicyclic) bond motifs is 1. The third kappa shape index (κ3) is 4.30. The highest BCUT2D eigenvalue weighted by Crippen LogP contribution is 2.40. The Morgan fingerprint density at radius 2 is 1.89 bits per heavy atom. The van der Waals surface area contributed by atoms with Gasteiger partial charge in [-0.1, -0.05) is 17.2 Å². The maximum atomic E-state index is 12.3. The van der Waals surface area contributed by atoms with Gasteiger partial charge in [-0.25, -0.2) is 9.59 Å². The van der Waals surface area contributed by atoms with Crippen molar-refractivity contribution in [3.05, 3.63) is 23.8 Å². The molecule has 0 bridgehead atoms. The second-order valence-corrected chi connectivity index (χ2v) is 6.98. The molecular weight excluding hydrogens is 362 g/mol. The van der Waals surface area contributed by atoms with Gasteiger partial charge in [0.25, 0.3) is 0 Å². The molecule has 0 fully saturated rings. The Hall–Kier alpha value is -2.94. The minimum Gasteiger partial charge on any atom is -0.493 e. The zero-order chi connectivity index (χ0) is 21.0. The molecule has 152 valence electrons. The van der Waals surface area contributed by atoms with Gasteiger partial charge in [-0.2, -0.15) is 0 Å². The molecule has 0 spiro atoms. The number of nitrogens with two attached hydrogens (primary N) is 1. The van der Waals surface area contributed by atoms with Crippen LogP contribution in [-0.4, -0.2) is 52.3 Å². The van der Waals surface area contributed by atoms with Crippen LogP contribution < -0.4 is 5.73 Å². The molecule has 2 rings (SSSR count). The molecule has 0 unspecified atom stereocenters. The van der Waals surface area contributed by atoms with E-state index >= 15 is 0 Å². The maximum Gasteiger partial charge on any atom is 0.356 e. The highest BCUT2D eigenvalue weighted by Gasteiger charge is 2.23. The molecule has 28 heavy (non-hydrogen) atoms. The van der Waals surface area contributed by atoms with Crippen LogP contribution in [0, 0.1) is 0 Å². The molecule has 0 aliphatic heterocycles. The van der Waals surface area contributed by atoms with Crippen LogP contribution in [0.1, 0.15) is 38.1 Å². The van der Waals surface area contributed by atoms with Gasteiger partial charge < -0.3 is 20.1 Å². The number of amides is 2. The number of azo groups is 1. The van der Waals surface area contributed by atoms with Crippen molar-refractivity contribution >= 4 is 28.6 Å². The van der Waals surface area contributed by atoms with Gasteiger partial charge in [0.15, 0.2) is 5.69 Å². The van der Waals surface area contributed by atoms with Gasteiger partial charge in [0, 0.05) is 30.6 Å². The number of nitrogens with zero attached hydrogens (tertiary/aromatic N) is 4. The number of methoxy groups -OCH3 is 1. The molecule has 9 nitrogen and oxygen atoms in total. The third-order valence-electron chi connectivity index (χ3n) is 4.59. The zero-order valence-corrected chi connectivity index (χ0v) is 16.8. The van der Waals surface area contributed by atoms with E-state index in [1.54, 1.807) is 22.8 Å². The number of rotatable bonds is 7. The molecule has 9 heteroatoms. The first-order valence-electron chi connectivity index (χ1n) is 9.08. The predicted octanol–water partition coefficient (Wildman–Crippen LogP) is 3.41. The average Bonchev–Trinajstić information content (AvgIpc) is 2.90. The van der Waals surface area contributed by atoms with Crippen molar-refractivity contribution in [2.45, 2.75) is 46.3 Å². The number of para-hydroxylation sites is 1. The van der Waals surface area contributed by atoms with Crippen LogP contribution >= 0.6 is 0 Å². The lowest BCUT2D eigenvalue weighted by molar-refractivity contribution is 0.0602. The van der Waals surface area contributed by atoms with Crippen LogP contribution in [0.2, 0.25) is 0 Å². The Balaban J connectivity index is 2.63. The number of urea groups is 1. The number of aromatic hydroxyl groups is 1. The number of primary amides is 1. The predicted molar refractivity (Wildman–Crippen MR) is 106 cm³/mol. The van der Waals surface area contributed by atoms with E-state index in [-0.39, 0.29) is 17.1 Å². The Morgan fingerprint density at radius 1 is 1.25 bits per heavy atom. The van der Waals surface area contributed by atoms with Gasteiger partial charge >= 0.3 is 12.0 Å². The van der Waals surface area contributed by atoms with E-state index in [1.807, 2.05) is 0 Å². The van der Waals surface area contributed by atoms with Crippen molar-refractivity contribution in [2.24, 2.45) is 16.0 Å². The van der Waals surface area contributed by atoms with Crippen LogP contribution in [0.3, 0.4) is 0 Å². The molecule has 1 aromatic carbocycles. The van der Waals surface area contributed by atoms with E-state index < -0.39 is 12.0 Å². The van der Waals surface area contributed by atoms with Crippen molar-refractivity contribution in [3.8, 4) is 5.88 Å². The summed E-state index contributed by atoms with van der Waals surface area (Å²) < 4.78 is 6.47. The SMILES string of the molecule is COC(=O)c1cccc2c(N=NC(N)=O)c(O)n(CCN(C(C)C)C(C)C)c12. The second kappa shape index (κ2) is 8.83. The molecule has 0 atom stereocenters. The monoisotopic (exact) mass is 389 g/mol. The average molecular weight is 389 g/mol. The fraction of sp³-hybridized carbons (Fsp3) is 0.474. The summed E-state index contributed by atoms with van der Waals surface area (Å²) in [4.78, 5) is 25.5. The molecule has 0 saturated carbocycles. The van der Waals surface area contributed by atoms with Crippen LogP contribution in [0.15, 0.2) is 28.4 Å². The number of carbonyl (C=O) groups excluding carboxylic acids is 2. The third-order valence-corrected chi connectivity index (χ3v) is 4.59. The smallest absolute Gasteiger partial charge is 0.356 e. The topological polar surface area (TPSA) is 123 Å². The van der Waals surface area contributed by atoms with Gasteiger partial charge in [0.05, 0.1) is 18.2 Å². The minimum atomic E-state index is -0.977. The number of hydrogen-bond donors (Lipinski definition) is 2. The highest BCUT2D eigenvalue weighted by molar-refractivity contribution is 6.08. The molecule has 0 aliphatic rings. The van der Waals surface area contributed by atoms with Crippen LogP contribution in [0.4, 0.5) is 10.5 Å². The van der Waals surface area contributed by atoms with Crippen molar-refractivity contribution in [1.82, 2.24) is 9.47 Å². The molecular formula is C19H27N5O4. The first-order chi connectivity index (χ1) is 13.2. The second-order valence-electron chi connectivity index (χ2n) is 6.98. The molecule has 1 aromatic heterocycles. The summed E-state index contributed by atoms with van der Waals surface area (Å²) in [5, 5.41) is 18.4. The molecule has 0 saturated heterocycles. The van der Waals surface area contributed by atoms with E-state index in [2.05, 4.69) is 42.8 Å². The molecule has 0 radical (unpaired) electrons. The number of benzene rings is 1. The van der Waals surface area contributed by atoms with Crippen molar-refractivity contribution in [3.63, 3.8) is 0 Å². The van der Waals surface area contributed by atoms with Crippen LogP contribution in [0.5, 0.6) is 5.88 Å². The van der Waals surface area contributed by atoms with Crippen LogP contribution in [-0.2, 0) is 11.3 Å². The fourth-order valence-electron chi connectivity index (χ4n) is 3.40. The lowest BCUT2D eigenvalue weighted by Gasteiger charge is -2.30. The first-order valence-corrected chi connectivity index (χ1v) is 9.08. The Morgan fingerprint density at radius 3 is 2.43 bits per heavy atom. The van der Waals surface area contributed by atoms with E-state index in [4.69, 9.17) is 10.5 Å². The number of carbonyl (C=O) groups is 2. The molecule has 2 amide bonds. The molecule has 2 aromatic rings. The fourth-order valence-corrected chi connectivity index (χ4v) is 3.40. The number of esters is 1. The molecule has 1 heterocycles. The number of ether oxygens (including phenoxy) is 1. The Labute approximate surface area is 163 Å². The summed E-state index contributed by atoms with van der Waals surface area (Å²) in [6.07, 6.45) is 0. The first kappa shape index (κ1) is 21.4. The maximum absolute atomic E-state index is 12.3. The number of hydrogen-bond acceptors (Lipinski definition) is 6. The summed E-state index contributed by atoms with van der Waals surface area (Å²) in [7, 11) is 1.29. The summed E-state index contributed by atoms with van der Waals surface area (Å²) in [5.74, 6) is -0.726. The van der Waals surface area contributed by atoms with Crippen molar-refractivity contribution in [1.29, 1.82) is 0 Å². The summed E-state index contributed by atoms with van der Waals surface area (Å²) in [5.41, 5.74) is 5.88. The van der Waals surface area contributed by atoms with Gasteiger partial charge in [-0.3, -0.25) is 4.90 Å². The Bertz CT molecular complexity index is 893. The zero-order valence-electron chi connectivity index (χ0n) is 16.8. The quantitative estimate of drug-likeness (QED) is 0.555. The largest absolute Gasteiger partial charge is 0.493 e. The number of aromatic nitrogens is 1. The van der Waals surface area contributed by atoms with Gasteiger partial charge in [0.2, 0.25) is 5.88 Å². The van der Waals surface area contributed by atoms with Gasteiger partial charge in [0.1, 0.15) is 0 Å². The van der Waals surface area contributed by atoms with E-state index in [0.717, 1.165) is 0 Å². The van der Waals surface area contributed by atoms with Crippen molar-refractivity contribution in [2.75, 3.05) is 13.7 Å². The van der Waals surface area contributed by atoms with Gasteiger partial charge in [-0.15, -0.1) is 5.11 Å². The lowest BCUT2D eigenvalue weighted by atomic mass is 10.1. The Kier molecular flexibility index (Phi) is 6.74. The van der Waals surface area contributed by atoms with E-state index in [1.165, 1.54) is 7.11 Å². The molecule has 0 aliphatic carbocycles. The summed E-state index contributed by atoms with van der Waals surface area (Å²) >= 11 is 0. The van der Waals surface area contributed by atoms with Crippen molar-refractivity contribution < 1.29 is 19.4 Å². The standard InChI is InChI=1S/C19H27N5O4/c1-11(2)23(12(3)4)9-10-24-16-13(7-6-8-14(16)18(26)28-5)15(17(24)25)21-22-19(20)27/h6-8,11-12,25H,9-10H2,1-5H3,(H2,20,27). The summed E-state index contributed by atoms with van der Waals surface area (Å²) in [6.45, 7) is 9.42. The minimum absolute atomic E-state index is 0.0835.